The maximum Gasteiger partial charge on any atom is 0.274 e. The van der Waals surface area contributed by atoms with Crippen LogP contribution in [0, 0.1) is 22.9 Å². The van der Waals surface area contributed by atoms with Crippen LogP contribution >= 0.6 is 11.6 Å². The lowest BCUT2D eigenvalue weighted by atomic mass is 9.89. The molecule has 1 saturated heterocycles. The van der Waals surface area contributed by atoms with E-state index in [1.54, 1.807) is 17.0 Å². The highest BCUT2D eigenvalue weighted by atomic mass is 35.5. The number of anilines is 1. The molecule has 0 atom stereocenters. The third-order valence-electron chi connectivity index (χ3n) is 6.49. The summed E-state index contributed by atoms with van der Waals surface area (Å²) in [6.45, 7) is 2.45. The molecule has 11 heteroatoms. The molecule has 0 spiro atoms. The Morgan fingerprint density at radius 3 is 2.46 bits per heavy atom. The smallest absolute Gasteiger partial charge is 0.274 e. The number of rotatable bonds is 6. The molecule has 4 rings (SSSR count). The molecule has 1 aliphatic heterocycles. The molecule has 2 amide bonds. The number of nitrogens with zero attached hydrogens (tertiary/aromatic N) is 3. The second-order valence-electron chi connectivity index (χ2n) is 8.68. The molecule has 1 N–H and O–H groups in total. The van der Waals surface area contributed by atoms with Crippen LogP contribution in [-0.2, 0) is 0 Å². The summed E-state index contributed by atoms with van der Waals surface area (Å²) in [5.74, 6) is -1.67. The molecule has 1 aromatic heterocycles. The Labute approximate surface area is 217 Å². The molecule has 192 valence electrons. The molecule has 3 aromatic rings. The number of carbonyl (C=O) groups is 2. The Kier molecular flexibility index (Phi) is 7.68. The SMILES string of the molecule is COc1nccc(C(=O)N2CCC(c3ccc(NC(=O)c4cc(Cl)cc([N+](=O)[O-])c4C)cc3)CC2)c1F. The van der Waals surface area contributed by atoms with Gasteiger partial charge in [-0.1, -0.05) is 23.7 Å². The molecule has 0 unspecified atom stereocenters. The van der Waals surface area contributed by atoms with E-state index in [2.05, 4.69) is 10.3 Å². The number of nitro benzene ring substituents is 1. The minimum absolute atomic E-state index is 0.0642. The molecule has 37 heavy (non-hydrogen) atoms. The van der Waals surface area contributed by atoms with Crippen molar-refractivity contribution in [1.29, 1.82) is 0 Å². The zero-order valence-electron chi connectivity index (χ0n) is 20.2. The Bertz CT molecular complexity index is 1360. The number of aromatic nitrogens is 1. The number of carbonyl (C=O) groups excluding carboxylic acids is 2. The predicted molar refractivity (Wildman–Crippen MR) is 136 cm³/mol. The van der Waals surface area contributed by atoms with Crippen LogP contribution in [0.2, 0.25) is 5.02 Å². The van der Waals surface area contributed by atoms with Crippen molar-refractivity contribution < 1.29 is 23.6 Å². The summed E-state index contributed by atoms with van der Waals surface area (Å²) < 4.78 is 19.3. The van der Waals surface area contributed by atoms with Gasteiger partial charge in [0.15, 0.2) is 5.82 Å². The first-order chi connectivity index (χ1) is 17.7. The van der Waals surface area contributed by atoms with Gasteiger partial charge in [0, 0.05) is 41.6 Å². The zero-order chi connectivity index (χ0) is 26.7. The van der Waals surface area contributed by atoms with Crippen LogP contribution < -0.4 is 10.1 Å². The molecule has 0 saturated carbocycles. The summed E-state index contributed by atoms with van der Waals surface area (Å²) in [5, 5.41) is 14.1. The van der Waals surface area contributed by atoms with Gasteiger partial charge in [-0.15, -0.1) is 0 Å². The highest BCUT2D eigenvalue weighted by molar-refractivity contribution is 6.31. The summed E-state index contributed by atoms with van der Waals surface area (Å²) in [6.07, 6.45) is 2.75. The number of pyridine rings is 1. The maximum absolute atomic E-state index is 14.5. The number of nitro groups is 1. The van der Waals surface area contributed by atoms with E-state index in [-0.39, 0.29) is 39.2 Å². The third kappa shape index (κ3) is 5.54. The van der Waals surface area contributed by atoms with Gasteiger partial charge >= 0.3 is 0 Å². The number of hydrogen-bond acceptors (Lipinski definition) is 6. The van der Waals surface area contributed by atoms with Crippen molar-refractivity contribution in [2.45, 2.75) is 25.7 Å². The van der Waals surface area contributed by atoms with Crippen LogP contribution in [0.15, 0.2) is 48.7 Å². The molecule has 1 fully saturated rings. The van der Waals surface area contributed by atoms with E-state index < -0.39 is 22.6 Å². The van der Waals surface area contributed by atoms with E-state index in [9.17, 15) is 24.1 Å². The number of likely N-dealkylation sites (tertiary alicyclic amines) is 1. The Morgan fingerprint density at radius 2 is 1.84 bits per heavy atom. The van der Waals surface area contributed by atoms with E-state index in [1.165, 1.54) is 38.4 Å². The lowest BCUT2D eigenvalue weighted by molar-refractivity contribution is -0.385. The molecule has 9 nitrogen and oxygen atoms in total. The number of hydrogen-bond donors (Lipinski definition) is 1. The molecule has 0 bridgehead atoms. The van der Waals surface area contributed by atoms with Crippen molar-refractivity contribution in [3.05, 3.63) is 91.9 Å². The highest BCUT2D eigenvalue weighted by Crippen LogP contribution is 2.31. The fraction of sp³-hybridized carbons (Fsp3) is 0.269. The standard InChI is InChI=1S/C26H24ClFN4O5/c1-15-21(13-18(27)14-22(15)32(35)36)24(33)30-19-5-3-16(4-6-19)17-8-11-31(12-9-17)26(34)20-7-10-29-25(37-2)23(20)28/h3-7,10,13-14,17H,8-9,11-12H2,1-2H3,(H,30,33). The van der Waals surface area contributed by atoms with Crippen molar-refractivity contribution in [2.24, 2.45) is 0 Å². The monoisotopic (exact) mass is 526 g/mol. The average Bonchev–Trinajstić information content (AvgIpc) is 2.90. The van der Waals surface area contributed by atoms with Crippen molar-refractivity contribution in [2.75, 3.05) is 25.5 Å². The summed E-state index contributed by atoms with van der Waals surface area (Å²) >= 11 is 5.97. The van der Waals surface area contributed by atoms with Crippen LogP contribution in [0.3, 0.4) is 0 Å². The van der Waals surface area contributed by atoms with Crippen LogP contribution in [0.1, 0.15) is 50.6 Å². The Morgan fingerprint density at radius 1 is 1.16 bits per heavy atom. The fourth-order valence-electron chi connectivity index (χ4n) is 4.45. The first-order valence-electron chi connectivity index (χ1n) is 11.5. The number of benzene rings is 2. The van der Waals surface area contributed by atoms with Crippen LogP contribution in [0.5, 0.6) is 5.88 Å². The van der Waals surface area contributed by atoms with Gasteiger partial charge in [0.05, 0.1) is 23.2 Å². The van der Waals surface area contributed by atoms with Gasteiger partial charge in [-0.2, -0.15) is 0 Å². The van der Waals surface area contributed by atoms with Gasteiger partial charge in [0.25, 0.3) is 23.4 Å². The number of methoxy groups -OCH3 is 1. The lowest BCUT2D eigenvalue weighted by Crippen LogP contribution is -2.38. The zero-order valence-corrected chi connectivity index (χ0v) is 20.9. The van der Waals surface area contributed by atoms with E-state index >= 15 is 0 Å². The van der Waals surface area contributed by atoms with Crippen LogP contribution in [0.4, 0.5) is 15.8 Å². The van der Waals surface area contributed by atoms with Gasteiger partial charge in [-0.25, -0.2) is 9.37 Å². The lowest BCUT2D eigenvalue weighted by Gasteiger charge is -2.32. The number of piperidine rings is 1. The van der Waals surface area contributed by atoms with Gasteiger partial charge in [-0.3, -0.25) is 19.7 Å². The van der Waals surface area contributed by atoms with E-state index in [1.807, 2.05) is 12.1 Å². The normalized spacial score (nSPS) is 13.8. The molecule has 2 heterocycles. The third-order valence-corrected chi connectivity index (χ3v) is 6.71. The van der Waals surface area contributed by atoms with Crippen molar-refractivity contribution in [3.63, 3.8) is 0 Å². The Hall–Kier alpha value is -4.05. The first-order valence-corrected chi connectivity index (χ1v) is 11.9. The van der Waals surface area contributed by atoms with Crippen molar-refractivity contribution in [1.82, 2.24) is 9.88 Å². The number of halogens is 2. The van der Waals surface area contributed by atoms with Gasteiger partial charge in [0.2, 0.25) is 0 Å². The van der Waals surface area contributed by atoms with E-state index in [4.69, 9.17) is 16.3 Å². The molecular formula is C26H24ClFN4O5. The van der Waals surface area contributed by atoms with Crippen molar-refractivity contribution >= 4 is 34.8 Å². The summed E-state index contributed by atoms with van der Waals surface area (Å²) in [4.78, 5) is 41.6. The molecular weight excluding hydrogens is 503 g/mol. The minimum Gasteiger partial charge on any atom is -0.479 e. The topological polar surface area (TPSA) is 115 Å². The molecule has 0 aliphatic carbocycles. The first kappa shape index (κ1) is 26.0. The largest absolute Gasteiger partial charge is 0.479 e. The maximum atomic E-state index is 14.5. The molecule has 2 aromatic carbocycles. The van der Waals surface area contributed by atoms with Gasteiger partial charge in [0.1, 0.15) is 0 Å². The second-order valence-corrected chi connectivity index (χ2v) is 9.12. The van der Waals surface area contributed by atoms with Gasteiger partial charge in [-0.05, 0) is 55.5 Å². The number of nitrogens with one attached hydrogen (secondary N) is 1. The predicted octanol–water partition coefficient (Wildman–Crippen LogP) is 5.37. The summed E-state index contributed by atoms with van der Waals surface area (Å²) in [5.41, 5.74) is 1.66. The average molecular weight is 527 g/mol. The molecule has 0 radical (unpaired) electrons. The Balaban J connectivity index is 1.39. The molecule has 1 aliphatic rings. The summed E-state index contributed by atoms with van der Waals surface area (Å²) in [6, 6.07) is 11.3. The van der Waals surface area contributed by atoms with Crippen molar-refractivity contribution in [3.8, 4) is 5.88 Å². The van der Waals surface area contributed by atoms with E-state index in [0.29, 0.717) is 31.6 Å². The minimum atomic E-state index is -0.766. The summed E-state index contributed by atoms with van der Waals surface area (Å²) in [7, 11) is 1.30. The highest BCUT2D eigenvalue weighted by Gasteiger charge is 2.27. The van der Waals surface area contributed by atoms with Crippen LogP contribution in [-0.4, -0.2) is 46.8 Å². The number of amides is 2. The quantitative estimate of drug-likeness (QED) is 0.341. The second kappa shape index (κ2) is 10.9. The fourth-order valence-corrected chi connectivity index (χ4v) is 4.66. The number of ether oxygens (including phenoxy) is 1. The van der Waals surface area contributed by atoms with Crippen LogP contribution in [0.25, 0.3) is 0 Å². The van der Waals surface area contributed by atoms with E-state index in [0.717, 1.165) is 5.56 Å². The van der Waals surface area contributed by atoms with Gasteiger partial charge < -0.3 is 15.0 Å².